The Bertz CT molecular complexity index is 440. The second-order valence-corrected chi connectivity index (χ2v) is 8.52. The Morgan fingerprint density at radius 1 is 1.11 bits per heavy atom. The molecule has 2 heterocycles. The Labute approximate surface area is 188 Å². The molecule has 0 bridgehead atoms. The molecule has 1 unspecified atom stereocenters. The van der Waals surface area contributed by atoms with Crippen molar-refractivity contribution in [3.05, 3.63) is 0 Å². The van der Waals surface area contributed by atoms with E-state index >= 15 is 0 Å². The van der Waals surface area contributed by atoms with Gasteiger partial charge in [-0.2, -0.15) is 0 Å². The molecule has 2 aliphatic heterocycles. The number of hydrogen-bond acceptors (Lipinski definition) is 4. The van der Waals surface area contributed by atoms with Crippen LogP contribution in [0, 0.1) is 11.8 Å². The molecule has 0 aromatic carbocycles. The van der Waals surface area contributed by atoms with E-state index < -0.39 is 0 Å². The van der Waals surface area contributed by atoms with Crippen LogP contribution in [0.2, 0.25) is 0 Å². The first-order chi connectivity index (χ1) is 13.3. The lowest BCUT2D eigenvalue weighted by Crippen LogP contribution is -2.45. The summed E-state index contributed by atoms with van der Waals surface area (Å²) in [5.41, 5.74) is 0. The fourth-order valence-electron chi connectivity index (χ4n) is 4.61. The summed E-state index contributed by atoms with van der Waals surface area (Å²) in [5.74, 6) is 2.57. The van der Waals surface area contributed by atoms with Gasteiger partial charge in [-0.3, -0.25) is 4.99 Å². The number of nitrogens with zero attached hydrogens (tertiary/aromatic N) is 2. The zero-order valence-corrected chi connectivity index (χ0v) is 20.0. The molecular weight excluding hydrogens is 467 g/mol. The molecule has 0 aromatic heterocycles. The van der Waals surface area contributed by atoms with E-state index in [1.807, 2.05) is 7.05 Å². The van der Waals surface area contributed by atoms with Crippen LogP contribution >= 0.6 is 24.0 Å². The van der Waals surface area contributed by atoms with Crippen molar-refractivity contribution >= 4 is 29.9 Å². The number of likely N-dealkylation sites (tertiary alicyclic amines) is 1. The second-order valence-electron chi connectivity index (χ2n) is 8.52. The van der Waals surface area contributed by atoms with Gasteiger partial charge in [-0.05, 0) is 50.4 Å². The van der Waals surface area contributed by atoms with Crippen LogP contribution < -0.4 is 10.6 Å². The highest BCUT2D eigenvalue weighted by Crippen LogP contribution is 2.26. The molecule has 164 valence electrons. The van der Waals surface area contributed by atoms with Crippen molar-refractivity contribution in [2.75, 3.05) is 59.7 Å². The molecule has 2 N–H and O–H groups in total. The quantitative estimate of drug-likeness (QED) is 0.217. The summed E-state index contributed by atoms with van der Waals surface area (Å²) in [6.07, 6.45) is 10.3. The maximum Gasteiger partial charge on any atom is 0.191 e. The fraction of sp³-hybridized carbons (Fsp3) is 0.952. The first-order valence-corrected chi connectivity index (χ1v) is 11.2. The summed E-state index contributed by atoms with van der Waals surface area (Å²) in [4.78, 5) is 7.04. The van der Waals surface area contributed by atoms with Gasteiger partial charge in [-0.15, -0.1) is 24.0 Å². The van der Waals surface area contributed by atoms with Crippen LogP contribution in [0.3, 0.4) is 0 Å². The van der Waals surface area contributed by atoms with Crippen LogP contribution in [0.25, 0.3) is 0 Å². The number of halogens is 1. The zero-order chi connectivity index (χ0) is 18.7. The predicted molar refractivity (Wildman–Crippen MR) is 126 cm³/mol. The molecule has 0 amide bonds. The van der Waals surface area contributed by atoms with E-state index in [1.54, 1.807) is 0 Å². The molecule has 3 rings (SSSR count). The van der Waals surface area contributed by atoms with Crippen molar-refractivity contribution in [1.82, 2.24) is 15.5 Å². The van der Waals surface area contributed by atoms with Crippen LogP contribution in [-0.2, 0) is 9.47 Å². The van der Waals surface area contributed by atoms with Gasteiger partial charge >= 0.3 is 0 Å². The SMILES string of the molecule is CN=C(NCCCOCC1CCOCC1)NC1CCN(CC2CCCC2)C1.I. The van der Waals surface area contributed by atoms with Gasteiger partial charge in [-0.1, -0.05) is 12.8 Å². The first kappa shape index (κ1) is 24.2. The average molecular weight is 508 g/mol. The van der Waals surface area contributed by atoms with Crippen molar-refractivity contribution in [1.29, 1.82) is 0 Å². The standard InChI is InChI=1S/C21H40N4O2.HI/c1-22-21(23-10-4-12-27-17-19-8-13-26-14-9-19)24-20-7-11-25(16-20)15-18-5-2-3-6-18;/h18-20H,2-17H2,1H3,(H2,22,23,24);1H. The third-order valence-corrected chi connectivity index (χ3v) is 6.28. The topological polar surface area (TPSA) is 58.1 Å². The Balaban J connectivity index is 0.00000280. The van der Waals surface area contributed by atoms with E-state index in [4.69, 9.17) is 9.47 Å². The summed E-state index contributed by atoms with van der Waals surface area (Å²) >= 11 is 0. The maximum atomic E-state index is 5.84. The smallest absolute Gasteiger partial charge is 0.191 e. The van der Waals surface area contributed by atoms with E-state index in [-0.39, 0.29) is 24.0 Å². The van der Waals surface area contributed by atoms with Gasteiger partial charge in [-0.25, -0.2) is 0 Å². The molecule has 3 fully saturated rings. The highest BCUT2D eigenvalue weighted by molar-refractivity contribution is 14.0. The third-order valence-electron chi connectivity index (χ3n) is 6.28. The molecule has 0 aromatic rings. The number of hydrogen-bond donors (Lipinski definition) is 2. The summed E-state index contributed by atoms with van der Waals surface area (Å²) in [6.45, 7) is 8.10. The Kier molecular flexibility index (Phi) is 12.1. The first-order valence-electron chi connectivity index (χ1n) is 11.2. The molecule has 1 aliphatic carbocycles. The summed E-state index contributed by atoms with van der Waals surface area (Å²) in [6, 6.07) is 0.530. The molecule has 1 saturated carbocycles. The molecule has 7 heteroatoms. The minimum Gasteiger partial charge on any atom is -0.381 e. The Hall–Kier alpha value is -0.120. The number of nitrogens with one attached hydrogen (secondary N) is 2. The number of rotatable bonds is 9. The van der Waals surface area contributed by atoms with Crippen molar-refractivity contribution < 1.29 is 9.47 Å². The molecule has 1 atom stereocenters. The van der Waals surface area contributed by atoms with E-state index in [2.05, 4.69) is 20.5 Å². The van der Waals surface area contributed by atoms with Crippen molar-refractivity contribution in [3.8, 4) is 0 Å². The van der Waals surface area contributed by atoms with Crippen LogP contribution in [-0.4, -0.2) is 76.6 Å². The molecule has 3 aliphatic rings. The van der Waals surface area contributed by atoms with Gasteiger partial charge in [0, 0.05) is 65.7 Å². The number of aliphatic imine (C=N–C) groups is 1. The van der Waals surface area contributed by atoms with Crippen molar-refractivity contribution in [2.45, 2.75) is 57.4 Å². The molecule has 6 nitrogen and oxygen atoms in total. The monoisotopic (exact) mass is 508 g/mol. The fourth-order valence-corrected chi connectivity index (χ4v) is 4.61. The Morgan fingerprint density at radius 3 is 2.64 bits per heavy atom. The largest absolute Gasteiger partial charge is 0.381 e. The van der Waals surface area contributed by atoms with Gasteiger partial charge in [0.1, 0.15) is 0 Å². The van der Waals surface area contributed by atoms with Crippen LogP contribution in [0.15, 0.2) is 4.99 Å². The molecule has 28 heavy (non-hydrogen) atoms. The highest BCUT2D eigenvalue weighted by atomic mass is 127. The molecule has 0 radical (unpaired) electrons. The lowest BCUT2D eigenvalue weighted by molar-refractivity contribution is 0.0203. The lowest BCUT2D eigenvalue weighted by atomic mass is 10.0. The van der Waals surface area contributed by atoms with E-state index in [0.29, 0.717) is 12.0 Å². The lowest BCUT2D eigenvalue weighted by Gasteiger charge is -2.22. The molecular formula is C21H41IN4O2. The number of guanidine groups is 1. The van der Waals surface area contributed by atoms with Gasteiger partial charge in [0.25, 0.3) is 0 Å². The summed E-state index contributed by atoms with van der Waals surface area (Å²) < 4.78 is 11.2. The minimum absolute atomic E-state index is 0. The minimum atomic E-state index is 0. The summed E-state index contributed by atoms with van der Waals surface area (Å²) in [5, 5.41) is 7.05. The Morgan fingerprint density at radius 2 is 1.89 bits per heavy atom. The van der Waals surface area contributed by atoms with Gasteiger partial charge in [0.05, 0.1) is 0 Å². The maximum absolute atomic E-state index is 5.84. The predicted octanol–water partition coefficient (Wildman–Crippen LogP) is 2.87. The van der Waals surface area contributed by atoms with Crippen LogP contribution in [0.1, 0.15) is 51.4 Å². The van der Waals surface area contributed by atoms with Crippen molar-refractivity contribution in [3.63, 3.8) is 0 Å². The van der Waals surface area contributed by atoms with Crippen LogP contribution in [0.5, 0.6) is 0 Å². The van der Waals surface area contributed by atoms with Crippen LogP contribution in [0.4, 0.5) is 0 Å². The van der Waals surface area contributed by atoms with Crippen molar-refractivity contribution in [2.24, 2.45) is 16.8 Å². The van der Waals surface area contributed by atoms with Gasteiger partial charge in [0.2, 0.25) is 0 Å². The van der Waals surface area contributed by atoms with E-state index in [0.717, 1.165) is 70.7 Å². The highest BCUT2D eigenvalue weighted by Gasteiger charge is 2.26. The number of ether oxygens (including phenoxy) is 2. The van der Waals surface area contributed by atoms with Gasteiger partial charge in [0.15, 0.2) is 5.96 Å². The third kappa shape index (κ3) is 8.71. The molecule has 0 spiro atoms. The van der Waals surface area contributed by atoms with E-state index in [1.165, 1.54) is 45.2 Å². The molecule has 2 saturated heterocycles. The normalized spacial score (nSPS) is 25.0. The summed E-state index contributed by atoms with van der Waals surface area (Å²) in [7, 11) is 1.86. The zero-order valence-electron chi connectivity index (χ0n) is 17.7. The van der Waals surface area contributed by atoms with Gasteiger partial charge < -0.3 is 25.0 Å². The average Bonchev–Trinajstić information content (AvgIpc) is 3.37. The second kappa shape index (κ2) is 14.0. The van der Waals surface area contributed by atoms with E-state index in [9.17, 15) is 0 Å².